The third-order valence-electron chi connectivity index (χ3n) is 11.0. The minimum absolute atomic E-state index is 0.0373. The van der Waals surface area contributed by atoms with Gasteiger partial charge in [-0.3, -0.25) is 14.4 Å². The molecule has 4 aromatic rings. The van der Waals surface area contributed by atoms with Crippen LogP contribution < -0.4 is 24.0 Å². The number of esters is 4. The zero-order valence-corrected chi connectivity index (χ0v) is 35.5. The zero-order chi connectivity index (χ0) is 43.7. The first kappa shape index (κ1) is 45.6. The summed E-state index contributed by atoms with van der Waals surface area (Å²) in [7, 11) is 0. The van der Waals surface area contributed by atoms with E-state index in [2.05, 4.69) is 16.7 Å². The molecule has 0 aliphatic heterocycles. The highest BCUT2D eigenvalue weighted by molar-refractivity contribution is 7.22. The van der Waals surface area contributed by atoms with Crippen molar-refractivity contribution in [1.82, 2.24) is 4.98 Å². The molecular formula is C47H53N3O11S. The van der Waals surface area contributed by atoms with E-state index >= 15 is 0 Å². The number of carbonyl (C=O) groups excluding carboxylic acids is 5. The van der Waals surface area contributed by atoms with E-state index in [4.69, 9.17) is 23.7 Å². The molecule has 2 aliphatic carbocycles. The molecule has 2 aliphatic rings. The summed E-state index contributed by atoms with van der Waals surface area (Å²) in [4.78, 5) is 66.8. The predicted octanol–water partition coefficient (Wildman–Crippen LogP) is 8.03. The largest absolute Gasteiger partial charge is 0.494 e. The number of fused-ring (bicyclic) bond motifs is 1. The second-order valence-corrected chi connectivity index (χ2v) is 16.4. The van der Waals surface area contributed by atoms with Gasteiger partial charge in [-0.25, -0.2) is 14.8 Å². The fourth-order valence-electron chi connectivity index (χ4n) is 7.41. The number of thiazole rings is 1. The van der Waals surface area contributed by atoms with Crippen molar-refractivity contribution in [1.29, 1.82) is 0 Å². The number of aromatic nitrogens is 1. The molecule has 2 fully saturated rings. The number of hydrazone groups is 1. The number of carbonyl (C=O) groups is 5. The molecule has 0 bridgehead atoms. The quantitative estimate of drug-likeness (QED) is 0.0162. The molecule has 0 atom stereocenters. The summed E-state index contributed by atoms with van der Waals surface area (Å²) in [6, 6.07) is 19.3. The van der Waals surface area contributed by atoms with Gasteiger partial charge in [0.15, 0.2) is 0 Å². The zero-order valence-electron chi connectivity index (χ0n) is 34.7. The van der Waals surface area contributed by atoms with E-state index in [-0.39, 0.29) is 54.3 Å². The maximum absolute atomic E-state index is 13.6. The van der Waals surface area contributed by atoms with Gasteiger partial charge in [-0.2, -0.15) is 5.10 Å². The molecule has 0 saturated heterocycles. The number of benzene rings is 3. The van der Waals surface area contributed by atoms with Crippen LogP contribution in [-0.4, -0.2) is 72.8 Å². The van der Waals surface area contributed by atoms with Crippen molar-refractivity contribution in [3.05, 3.63) is 84.9 Å². The lowest BCUT2D eigenvalue weighted by Gasteiger charge is -2.26. The van der Waals surface area contributed by atoms with E-state index in [1.165, 1.54) is 17.6 Å². The average Bonchev–Trinajstić information content (AvgIpc) is 3.74. The van der Waals surface area contributed by atoms with E-state index in [0.29, 0.717) is 86.8 Å². The standard InChI is InChI=1S/C47H53N3O11S/c1-2-43(53)58-28-8-4-3-7-27-57-37-19-21-38(22-20-37)59-44(54)34-15-17-35(18-16-34)46(56)61-41-24-23-39(60-45(55)33-13-11-32(31-52)12-14-33)29-36(41)30-48-50(25-26-51)47-49-40-9-5-6-10-42(40)62-47/h2,5-6,9-10,19-24,29-35,51H,1,3-4,7-8,11-18,25-28H2/b48-30+. The molecule has 3 aromatic carbocycles. The Kier molecular flexibility index (Phi) is 17.2. The number of aliphatic hydroxyl groups is 1. The van der Waals surface area contributed by atoms with Gasteiger partial charge in [-0.1, -0.05) is 30.0 Å². The molecule has 0 radical (unpaired) electrons. The third kappa shape index (κ3) is 13.3. The van der Waals surface area contributed by atoms with Crippen molar-refractivity contribution in [2.24, 2.45) is 28.8 Å². The van der Waals surface area contributed by atoms with Crippen molar-refractivity contribution in [3.8, 4) is 23.0 Å². The molecule has 1 aromatic heterocycles. The Morgan fingerprint density at radius 1 is 0.758 bits per heavy atom. The van der Waals surface area contributed by atoms with E-state index in [9.17, 15) is 29.1 Å². The first-order chi connectivity index (χ1) is 30.2. The van der Waals surface area contributed by atoms with Crippen LogP contribution in [0, 0.1) is 23.7 Å². The molecule has 0 spiro atoms. The Morgan fingerprint density at radius 3 is 2.00 bits per heavy atom. The van der Waals surface area contributed by atoms with Crippen LogP contribution in [0.1, 0.15) is 82.6 Å². The van der Waals surface area contributed by atoms with Crippen molar-refractivity contribution < 1.29 is 52.8 Å². The average molecular weight is 868 g/mol. The summed E-state index contributed by atoms with van der Waals surface area (Å²) >= 11 is 1.42. The van der Waals surface area contributed by atoms with Crippen LogP contribution in [0.3, 0.4) is 0 Å². The Morgan fingerprint density at radius 2 is 1.35 bits per heavy atom. The molecule has 14 nitrogen and oxygen atoms in total. The molecule has 0 unspecified atom stereocenters. The highest BCUT2D eigenvalue weighted by Gasteiger charge is 2.33. The Bertz CT molecular complexity index is 2140. The lowest BCUT2D eigenvalue weighted by atomic mass is 9.82. The smallest absolute Gasteiger partial charge is 0.330 e. The highest BCUT2D eigenvalue weighted by atomic mass is 32.1. The lowest BCUT2D eigenvalue weighted by Crippen LogP contribution is -2.30. The first-order valence-corrected chi connectivity index (χ1v) is 22.1. The fraction of sp³-hybridized carbons (Fsp3) is 0.426. The highest BCUT2D eigenvalue weighted by Crippen LogP contribution is 2.34. The van der Waals surface area contributed by atoms with Crippen molar-refractivity contribution in [3.63, 3.8) is 0 Å². The number of hydrogen-bond donors (Lipinski definition) is 1. The number of rotatable bonds is 21. The Hall–Kier alpha value is -5.93. The predicted molar refractivity (Wildman–Crippen MR) is 234 cm³/mol. The van der Waals surface area contributed by atoms with Crippen molar-refractivity contribution in [2.45, 2.75) is 77.0 Å². The lowest BCUT2D eigenvalue weighted by molar-refractivity contribution is -0.145. The molecular weight excluding hydrogens is 815 g/mol. The summed E-state index contributed by atoms with van der Waals surface area (Å²) in [6.45, 7) is 4.24. The number of nitrogens with zero attached hydrogens (tertiary/aromatic N) is 3. The fourth-order valence-corrected chi connectivity index (χ4v) is 8.36. The number of aliphatic hydroxyl groups excluding tert-OH is 1. The van der Waals surface area contributed by atoms with E-state index < -0.39 is 17.9 Å². The van der Waals surface area contributed by atoms with Crippen LogP contribution in [0.4, 0.5) is 5.13 Å². The molecule has 0 amide bonds. The van der Waals surface area contributed by atoms with Gasteiger partial charge in [0.2, 0.25) is 5.13 Å². The van der Waals surface area contributed by atoms with Crippen LogP contribution in [0.5, 0.6) is 23.0 Å². The van der Waals surface area contributed by atoms with Gasteiger partial charge in [0.1, 0.15) is 29.3 Å². The topological polar surface area (TPSA) is 180 Å². The second kappa shape index (κ2) is 23.3. The molecule has 2 saturated carbocycles. The van der Waals surface area contributed by atoms with Gasteiger partial charge in [0, 0.05) is 17.6 Å². The number of aldehydes is 1. The number of hydrogen-bond acceptors (Lipinski definition) is 15. The monoisotopic (exact) mass is 867 g/mol. The van der Waals surface area contributed by atoms with Crippen LogP contribution in [-0.2, 0) is 28.7 Å². The summed E-state index contributed by atoms with van der Waals surface area (Å²) in [5, 5.41) is 16.6. The van der Waals surface area contributed by atoms with Crippen molar-refractivity contribution >= 4 is 63.1 Å². The number of unbranched alkanes of at least 4 members (excludes halogenated alkanes) is 3. The minimum atomic E-state index is -0.456. The summed E-state index contributed by atoms with van der Waals surface area (Å²) in [6.07, 6.45) is 11.2. The Labute approximate surface area is 364 Å². The van der Waals surface area contributed by atoms with Crippen LogP contribution in [0.2, 0.25) is 0 Å². The first-order valence-electron chi connectivity index (χ1n) is 21.3. The van der Waals surface area contributed by atoms with Crippen LogP contribution in [0.25, 0.3) is 10.2 Å². The SMILES string of the molecule is C=CC(=O)OCCCCCCOc1ccc(OC(=O)C2CCC(C(=O)Oc3ccc(OC(=O)C4CCC(C=O)CC4)cc3/C=N/N(CCO)c3nc4ccccc4s3)CC2)cc1. The van der Waals surface area contributed by atoms with Gasteiger partial charge in [-0.05, 0) is 132 Å². The van der Waals surface area contributed by atoms with Crippen LogP contribution in [0.15, 0.2) is 84.5 Å². The van der Waals surface area contributed by atoms with Gasteiger partial charge in [-0.15, -0.1) is 0 Å². The number of ether oxygens (including phenoxy) is 5. The van der Waals surface area contributed by atoms with Gasteiger partial charge < -0.3 is 33.6 Å². The van der Waals surface area contributed by atoms with Gasteiger partial charge in [0.25, 0.3) is 0 Å². The Balaban J connectivity index is 1.03. The van der Waals surface area contributed by atoms with E-state index in [1.54, 1.807) is 47.5 Å². The van der Waals surface area contributed by atoms with Crippen molar-refractivity contribution in [2.75, 3.05) is 31.4 Å². The maximum Gasteiger partial charge on any atom is 0.330 e. The summed E-state index contributed by atoms with van der Waals surface area (Å²) < 4.78 is 29.2. The summed E-state index contributed by atoms with van der Waals surface area (Å²) in [5.41, 5.74) is 1.16. The molecule has 1 N–H and O–H groups in total. The van der Waals surface area contributed by atoms with Crippen LogP contribution >= 0.6 is 11.3 Å². The normalized spacial score (nSPS) is 18.7. The number of anilines is 1. The molecule has 62 heavy (non-hydrogen) atoms. The van der Waals surface area contributed by atoms with Gasteiger partial charge >= 0.3 is 23.9 Å². The third-order valence-corrected chi connectivity index (χ3v) is 12.1. The maximum atomic E-state index is 13.6. The minimum Gasteiger partial charge on any atom is -0.494 e. The second-order valence-electron chi connectivity index (χ2n) is 15.4. The van der Waals surface area contributed by atoms with Gasteiger partial charge in [0.05, 0.1) is 60.6 Å². The molecule has 1 heterocycles. The molecule has 328 valence electrons. The molecule has 6 rings (SSSR count). The van der Waals surface area contributed by atoms with E-state index in [1.807, 2.05) is 24.3 Å². The molecule has 15 heteroatoms. The number of para-hydroxylation sites is 1. The summed E-state index contributed by atoms with van der Waals surface area (Å²) in [5.74, 6) is -1.27. The van der Waals surface area contributed by atoms with E-state index in [0.717, 1.165) is 48.3 Å².